The highest BCUT2D eigenvalue weighted by atomic mass is 16.5. The number of methoxy groups -OCH3 is 1. The minimum atomic E-state index is -0.265. The van der Waals surface area contributed by atoms with Gasteiger partial charge in [-0.15, -0.1) is 0 Å². The van der Waals surface area contributed by atoms with Crippen molar-refractivity contribution in [3.05, 3.63) is 108 Å². The molecular formula is C35H45N5O4. The Kier molecular flexibility index (Phi) is 11.8. The number of hydrogen-bond acceptors (Lipinski definition) is 6. The van der Waals surface area contributed by atoms with Crippen LogP contribution in [-0.2, 0) is 9.47 Å². The van der Waals surface area contributed by atoms with Crippen LogP contribution in [-0.4, -0.2) is 93.6 Å². The van der Waals surface area contributed by atoms with Crippen LogP contribution in [0.4, 0.5) is 4.79 Å². The Morgan fingerprint density at radius 2 is 1.50 bits per heavy atom. The van der Waals surface area contributed by atoms with Crippen LogP contribution in [0.5, 0.6) is 0 Å². The molecule has 0 radical (unpaired) electrons. The second-order valence-corrected chi connectivity index (χ2v) is 11.5. The lowest BCUT2D eigenvalue weighted by Gasteiger charge is -2.51. The molecule has 2 fully saturated rings. The maximum atomic E-state index is 13.3. The van der Waals surface area contributed by atoms with Crippen molar-refractivity contribution in [3.8, 4) is 0 Å². The summed E-state index contributed by atoms with van der Waals surface area (Å²) in [5, 5.41) is 9.54. The minimum absolute atomic E-state index is 0.0698. The maximum Gasteiger partial charge on any atom is 0.316 e. The summed E-state index contributed by atoms with van der Waals surface area (Å²) in [5.41, 5.74) is 2.98. The van der Waals surface area contributed by atoms with Gasteiger partial charge in [0.25, 0.3) is 5.91 Å². The number of amides is 3. The fraction of sp³-hybridized carbons (Fsp3) is 0.429. The molecule has 3 N–H and O–H groups in total. The van der Waals surface area contributed by atoms with Crippen LogP contribution >= 0.6 is 0 Å². The van der Waals surface area contributed by atoms with Crippen molar-refractivity contribution in [2.24, 2.45) is 5.92 Å². The molecule has 0 aliphatic carbocycles. The molecule has 0 bridgehead atoms. The zero-order valence-electron chi connectivity index (χ0n) is 25.6. The molecule has 0 aromatic heterocycles. The second kappa shape index (κ2) is 16.4. The van der Waals surface area contributed by atoms with Gasteiger partial charge in [-0.3, -0.25) is 14.6 Å². The molecule has 9 heteroatoms. The zero-order valence-corrected chi connectivity index (χ0v) is 25.6. The summed E-state index contributed by atoms with van der Waals surface area (Å²) in [4.78, 5) is 31.3. The van der Waals surface area contributed by atoms with Gasteiger partial charge in [-0.25, -0.2) is 4.79 Å². The number of nitrogens with zero attached hydrogens (tertiary/aromatic N) is 2. The van der Waals surface area contributed by atoms with E-state index >= 15 is 0 Å². The number of piperidine rings is 1. The van der Waals surface area contributed by atoms with Gasteiger partial charge in [0, 0.05) is 58.0 Å². The first-order chi connectivity index (χ1) is 21.6. The first kappa shape index (κ1) is 31.7. The van der Waals surface area contributed by atoms with E-state index in [0.29, 0.717) is 44.9 Å². The topological polar surface area (TPSA) is 95.2 Å². The number of carbonyl (C=O) groups excluding carboxylic acids is 2. The number of likely N-dealkylation sites (tertiary alicyclic amines) is 1. The third-order valence-corrected chi connectivity index (χ3v) is 8.61. The number of hydrogen-bond donors (Lipinski definition) is 3. The van der Waals surface area contributed by atoms with Crippen LogP contribution in [0.1, 0.15) is 40.4 Å². The first-order valence-electron chi connectivity index (χ1n) is 15.7. The molecule has 44 heavy (non-hydrogen) atoms. The van der Waals surface area contributed by atoms with Crippen molar-refractivity contribution in [3.63, 3.8) is 0 Å². The second-order valence-electron chi connectivity index (χ2n) is 11.5. The molecule has 2 aliphatic heterocycles. The van der Waals surface area contributed by atoms with E-state index in [0.717, 1.165) is 26.1 Å². The average molecular weight is 600 g/mol. The van der Waals surface area contributed by atoms with E-state index in [1.54, 1.807) is 7.11 Å². The van der Waals surface area contributed by atoms with Gasteiger partial charge >= 0.3 is 6.03 Å². The van der Waals surface area contributed by atoms with Gasteiger partial charge in [0.2, 0.25) is 0 Å². The lowest BCUT2D eigenvalue weighted by Crippen LogP contribution is -2.64. The molecule has 2 saturated heterocycles. The Labute approximate surface area is 260 Å². The molecule has 3 unspecified atom stereocenters. The maximum absolute atomic E-state index is 13.3. The summed E-state index contributed by atoms with van der Waals surface area (Å²) >= 11 is 0. The summed E-state index contributed by atoms with van der Waals surface area (Å²) in [6.45, 7) is 5.39. The third-order valence-electron chi connectivity index (χ3n) is 8.61. The molecule has 3 atom stereocenters. The minimum Gasteiger partial charge on any atom is -0.385 e. The largest absolute Gasteiger partial charge is 0.385 e. The lowest BCUT2D eigenvalue weighted by molar-refractivity contribution is -0.0457. The third kappa shape index (κ3) is 8.45. The smallest absolute Gasteiger partial charge is 0.316 e. The molecule has 2 aliphatic rings. The van der Waals surface area contributed by atoms with Crippen LogP contribution in [0.2, 0.25) is 0 Å². The van der Waals surface area contributed by atoms with Crippen molar-refractivity contribution >= 4 is 11.9 Å². The van der Waals surface area contributed by atoms with Gasteiger partial charge in [0.05, 0.1) is 25.4 Å². The van der Waals surface area contributed by atoms with Crippen molar-refractivity contribution in [2.45, 2.75) is 31.1 Å². The van der Waals surface area contributed by atoms with Crippen LogP contribution < -0.4 is 16.0 Å². The molecule has 2 heterocycles. The molecule has 9 nitrogen and oxygen atoms in total. The highest BCUT2D eigenvalue weighted by Gasteiger charge is 2.43. The molecule has 3 amide bonds. The standard InChI is InChI=1S/C35H45N5O4/c1-43-21-11-18-36-35(42)38-32-24-30(25-37-34(41)29-16-9-4-10-17-29)31(39-19-22-44-23-20-39)26-40(32)33(27-12-5-2-6-13-27)28-14-7-3-8-15-28/h2-10,12-17,30-33H,11,18-26H2,1H3,(H,37,41)(H2,36,38,42). The van der Waals surface area contributed by atoms with E-state index < -0.39 is 0 Å². The van der Waals surface area contributed by atoms with Gasteiger partial charge in [-0.1, -0.05) is 78.9 Å². The van der Waals surface area contributed by atoms with Gasteiger partial charge in [-0.2, -0.15) is 0 Å². The predicted octanol–water partition coefficient (Wildman–Crippen LogP) is 3.89. The number of benzene rings is 3. The van der Waals surface area contributed by atoms with Gasteiger partial charge < -0.3 is 25.4 Å². The summed E-state index contributed by atoms with van der Waals surface area (Å²) in [7, 11) is 1.66. The fourth-order valence-electron chi connectivity index (χ4n) is 6.42. The van der Waals surface area contributed by atoms with Crippen molar-refractivity contribution in [2.75, 3.05) is 59.7 Å². The van der Waals surface area contributed by atoms with E-state index in [9.17, 15) is 9.59 Å². The highest BCUT2D eigenvalue weighted by molar-refractivity contribution is 5.94. The Bertz CT molecular complexity index is 1250. The van der Waals surface area contributed by atoms with Crippen molar-refractivity contribution in [1.82, 2.24) is 25.8 Å². The predicted molar refractivity (Wildman–Crippen MR) is 171 cm³/mol. The van der Waals surface area contributed by atoms with Crippen LogP contribution in [0.3, 0.4) is 0 Å². The summed E-state index contributed by atoms with van der Waals surface area (Å²) in [5.74, 6) is 0.0311. The summed E-state index contributed by atoms with van der Waals surface area (Å²) in [6.07, 6.45) is 1.15. The SMILES string of the molecule is COCCCNC(=O)NC1CC(CNC(=O)c2ccccc2)C(N2CCOCC2)CN1C(c1ccccc1)c1ccccc1. The summed E-state index contributed by atoms with van der Waals surface area (Å²) in [6, 6.07) is 30.2. The number of rotatable bonds is 12. The molecule has 3 aromatic carbocycles. The normalized spacial score (nSPS) is 21.1. The average Bonchev–Trinajstić information content (AvgIpc) is 3.08. The molecule has 0 saturated carbocycles. The van der Waals surface area contributed by atoms with Crippen LogP contribution in [0.15, 0.2) is 91.0 Å². The number of morpholine rings is 1. The Balaban J connectivity index is 1.45. The first-order valence-corrected chi connectivity index (χ1v) is 15.7. The van der Waals surface area contributed by atoms with Gasteiger partial charge in [0.15, 0.2) is 0 Å². The summed E-state index contributed by atoms with van der Waals surface area (Å²) < 4.78 is 10.9. The van der Waals surface area contributed by atoms with Crippen molar-refractivity contribution in [1.29, 1.82) is 0 Å². The quantitative estimate of drug-likeness (QED) is 0.274. The molecule has 3 aromatic rings. The number of carbonyl (C=O) groups is 2. The number of nitrogens with one attached hydrogen (secondary N) is 3. The van der Waals surface area contributed by atoms with Crippen LogP contribution in [0.25, 0.3) is 0 Å². The zero-order chi connectivity index (χ0) is 30.6. The Hall–Kier alpha value is -3.76. The molecular weight excluding hydrogens is 554 g/mol. The van der Waals surface area contributed by atoms with E-state index in [2.05, 4.69) is 74.3 Å². The van der Waals surface area contributed by atoms with E-state index in [1.807, 2.05) is 42.5 Å². The Morgan fingerprint density at radius 1 is 0.886 bits per heavy atom. The molecule has 5 rings (SSSR count). The fourth-order valence-corrected chi connectivity index (χ4v) is 6.42. The van der Waals surface area contributed by atoms with Gasteiger partial charge in [-0.05, 0) is 42.0 Å². The number of urea groups is 1. The number of ether oxygens (including phenoxy) is 2. The van der Waals surface area contributed by atoms with Gasteiger partial charge in [0.1, 0.15) is 0 Å². The van der Waals surface area contributed by atoms with E-state index in [1.165, 1.54) is 11.1 Å². The lowest BCUT2D eigenvalue weighted by atomic mass is 9.84. The monoisotopic (exact) mass is 599 g/mol. The highest BCUT2D eigenvalue weighted by Crippen LogP contribution is 2.36. The van der Waals surface area contributed by atoms with E-state index in [-0.39, 0.29) is 36.1 Å². The molecule has 234 valence electrons. The Morgan fingerprint density at radius 3 is 2.11 bits per heavy atom. The van der Waals surface area contributed by atoms with Crippen molar-refractivity contribution < 1.29 is 19.1 Å². The molecule has 0 spiro atoms. The van der Waals surface area contributed by atoms with Crippen LogP contribution in [0, 0.1) is 5.92 Å². The van der Waals surface area contributed by atoms with E-state index in [4.69, 9.17) is 9.47 Å².